The molecule has 0 fully saturated rings. The second kappa shape index (κ2) is 9.28. The van der Waals surface area contributed by atoms with E-state index in [1.165, 1.54) is 18.3 Å². The number of nitrogens with one attached hydrogen (secondary N) is 1. The third-order valence-electron chi connectivity index (χ3n) is 5.06. The second-order valence-electron chi connectivity index (χ2n) is 7.77. The molecule has 5 nitrogen and oxygen atoms in total. The van der Waals surface area contributed by atoms with Gasteiger partial charge in [-0.25, -0.2) is 9.82 Å². The molecule has 1 N–H and O–H groups in total. The minimum atomic E-state index is -0.504. The van der Waals surface area contributed by atoms with Crippen molar-refractivity contribution in [1.82, 2.24) is 5.43 Å². The van der Waals surface area contributed by atoms with Gasteiger partial charge in [0.05, 0.1) is 16.8 Å². The number of amides is 1. The normalized spacial score (nSPS) is 14.9. The fourth-order valence-corrected chi connectivity index (χ4v) is 4.20. The first-order chi connectivity index (χ1) is 14.6. The van der Waals surface area contributed by atoms with Gasteiger partial charge in [-0.3, -0.25) is 4.79 Å². The van der Waals surface area contributed by atoms with E-state index >= 15 is 0 Å². The molecule has 2 aromatic rings. The SMILES string of the molecule is CCN1c2cc(F)c(/C=N/NC(=O)COc3ccc(Cl)cc3Cl)cc2C(C)=CC1(C)C. The zero-order valence-corrected chi connectivity index (χ0v) is 19.3. The van der Waals surface area contributed by atoms with Gasteiger partial charge >= 0.3 is 0 Å². The Bertz CT molecular complexity index is 1070. The minimum Gasteiger partial charge on any atom is -0.482 e. The molecule has 0 radical (unpaired) electrons. The van der Waals surface area contributed by atoms with Gasteiger partial charge in [0.1, 0.15) is 11.6 Å². The van der Waals surface area contributed by atoms with Gasteiger partial charge in [0.15, 0.2) is 6.61 Å². The summed E-state index contributed by atoms with van der Waals surface area (Å²) in [5.41, 5.74) is 5.26. The number of fused-ring (bicyclic) bond motifs is 1. The van der Waals surface area contributed by atoms with Crippen LogP contribution in [0.2, 0.25) is 10.0 Å². The lowest BCUT2D eigenvalue weighted by molar-refractivity contribution is -0.123. The van der Waals surface area contributed by atoms with Crippen LogP contribution in [0.25, 0.3) is 5.57 Å². The predicted molar refractivity (Wildman–Crippen MR) is 125 cm³/mol. The van der Waals surface area contributed by atoms with E-state index in [0.717, 1.165) is 23.4 Å². The van der Waals surface area contributed by atoms with Gasteiger partial charge in [-0.05, 0) is 63.6 Å². The van der Waals surface area contributed by atoms with Gasteiger partial charge in [-0.15, -0.1) is 0 Å². The number of likely N-dealkylation sites (N-methyl/N-ethyl adjacent to an activating group) is 1. The topological polar surface area (TPSA) is 53.9 Å². The number of carbonyl (C=O) groups is 1. The Hall–Kier alpha value is -2.57. The highest BCUT2D eigenvalue weighted by Crippen LogP contribution is 2.39. The average molecular weight is 464 g/mol. The van der Waals surface area contributed by atoms with Crippen LogP contribution in [-0.2, 0) is 4.79 Å². The standard InChI is InChI=1S/C23H24Cl2FN3O2/c1-5-29-20-10-19(26)15(8-17(20)14(2)11-23(29,3)4)12-27-28-22(30)13-31-21-7-6-16(24)9-18(21)25/h6-12H,5,13H2,1-4H3,(H,28,30)/b27-12+. The zero-order chi connectivity index (χ0) is 22.8. The molecule has 8 heteroatoms. The molecular formula is C23H24Cl2FN3O2. The largest absolute Gasteiger partial charge is 0.482 e. The van der Waals surface area contributed by atoms with Crippen molar-refractivity contribution in [3.63, 3.8) is 0 Å². The molecule has 0 bridgehead atoms. The van der Waals surface area contributed by atoms with Crippen LogP contribution in [0.5, 0.6) is 5.75 Å². The molecule has 164 valence electrons. The van der Waals surface area contributed by atoms with Gasteiger partial charge in [0, 0.05) is 28.4 Å². The van der Waals surface area contributed by atoms with Crippen molar-refractivity contribution in [1.29, 1.82) is 0 Å². The molecule has 1 heterocycles. The van der Waals surface area contributed by atoms with E-state index in [2.05, 4.69) is 35.4 Å². The molecule has 0 atom stereocenters. The maximum atomic E-state index is 14.7. The fourth-order valence-electron chi connectivity index (χ4n) is 3.73. The summed E-state index contributed by atoms with van der Waals surface area (Å²) in [7, 11) is 0. The summed E-state index contributed by atoms with van der Waals surface area (Å²) in [6.45, 7) is 8.71. The van der Waals surface area contributed by atoms with Crippen molar-refractivity contribution < 1.29 is 13.9 Å². The molecule has 0 aromatic heterocycles. The summed E-state index contributed by atoms with van der Waals surface area (Å²) in [5, 5.41) is 4.63. The van der Waals surface area contributed by atoms with Crippen LogP contribution in [0.3, 0.4) is 0 Å². The first-order valence-corrected chi connectivity index (χ1v) is 10.6. The third-order valence-corrected chi connectivity index (χ3v) is 5.59. The number of nitrogens with zero attached hydrogens (tertiary/aromatic N) is 2. The first kappa shape index (κ1) is 23.1. The van der Waals surface area contributed by atoms with Crippen molar-refractivity contribution in [3.05, 3.63) is 63.4 Å². The lowest BCUT2D eigenvalue weighted by Gasteiger charge is -2.42. The highest BCUT2D eigenvalue weighted by atomic mass is 35.5. The number of anilines is 1. The van der Waals surface area contributed by atoms with E-state index in [1.54, 1.807) is 18.2 Å². The van der Waals surface area contributed by atoms with Crippen molar-refractivity contribution in [2.75, 3.05) is 18.1 Å². The van der Waals surface area contributed by atoms with Crippen LogP contribution >= 0.6 is 23.2 Å². The molecule has 0 saturated carbocycles. The molecule has 2 aromatic carbocycles. The summed E-state index contributed by atoms with van der Waals surface area (Å²) >= 11 is 11.8. The van der Waals surface area contributed by atoms with Gasteiger partial charge < -0.3 is 9.64 Å². The molecule has 0 aliphatic carbocycles. The maximum absolute atomic E-state index is 14.7. The van der Waals surface area contributed by atoms with E-state index in [9.17, 15) is 9.18 Å². The highest BCUT2D eigenvalue weighted by Gasteiger charge is 2.30. The van der Waals surface area contributed by atoms with Crippen molar-refractivity contribution >= 4 is 46.6 Å². The number of halogens is 3. The Morgan fingerprint density at radius 2 is 2.03 bits per heavy atom. The molecule has 3 rings (SSSR count). The lowest BCUT2D eigenvalue weighted by Crippen LogP contribution is -2.45. The third kappa shape index (κ3) is 5.20. The second-order valence-corrected chi connectivity index (χ2v) is 8.62. The van der Waals surface area contributed by atoms with E-state index in [-0.39, 0.29) is 17.7 Å². The van der Waals surface area contributed by atoms with Gasteiger partial charge in [0.25, 0.3) is 5.91 Å². The Balaban J connectivity index is 1.69. The van der Waals surface area contributed by atoms with Gasteiger partial charge in [-0.2, -0.15) is 5.10 Å². The lowest BCUT2D eigenvalue weighted by atomic mass is 9.88. The van der Waals surface area contributed by atoms with Crippen LogP contribution < -0.4 is 15.1 Å². The van der Waals surface area contributed by atoms with Gasteiger partial charge in [0.2, 0.25) is 0 Å². The average Bonchev–Trinajstić information content (AvgIpc) is 2.68. The van der Waals surface area contributed by atoms with E-state index in [4.69, 9.17) is 27.9 Å². The highest BCUT2D eigenvalue weighted by molar-refractivity contribution is 6.35. The molecule has 1 amide bonds. The van der Waals surface area contributed by atoms with Crippen LogP contribution in [0.1, 0.15) is 38.8 Å². The number of carbonyl (C=O) groups excluding carboxylic acids is 1. The van der Waals surface area contributed by atoms with Crippen LogP contribution in [0.4, 0.5) is 10.1 Å². The summed E-state index contributed by atoms with van der Waals surface area (Å²) in [6, 6.07) is 7.96. The van der Waals surface area contributed by atoms with E-state index in [0.29, 0.717) is 15.8 Å². The van der Waals surface area contributed by atoms with Gasteiger partial charge in [-0.1, -0.05) is 29.3 Å². The summed E-state index contributed by atoms with van der Waals surface area (Å²) in [5.74, 6) is -0.586. The number of ether oxygens (including phenoxy) is 1. The predicted octanol–water partition coefficient (Wildman–Crippen LogP) is 5.68. The van der Waals surface area contributed by atoms with Crippen LogP contribution in [0.15, 0.2) is 41.5 Å². The number of benzene rings is 2. The molecule has 31 heavy (non-hydrogen) atoms. The Morgan fingerprint density at radius 1 is 1.29 bits per heavy atom. The van der Waals surface area contributed by atoms with Crippen molar-refractivity contribution in [3.8, 4) is 5.75 Å². The summed E-state index contributed by atoms with van der Waals surface area (Å²) in [4.78, 5) is 14.1. The van der Waals surface area contributed by atoms with Crippen LogP contribution in [0, 0.1) is 5.82 Å². The Labute approximate surface area is 191 Å². The molecular weight excluding hydrogens is 440 g/mol. The maximum Gasteiger partial charge on any atom is 0.277 e. The number of hydrogen-bond donors (Lipinski definition) is 1. The summed E-state index contributed by atoms with van der Waals surface area (Å²) in [6.07, 6.45) is 3.45. The Morgan fingerprint density at radius 3 is 2.71 bits per heavy atom. The van der Waals surface area contributed by atoms with E-state index in [1.807, 2.05) is 13.8 Å². The zero-order valence-electron chi connectivity index (χ0n) is 17.8. The smallest absolute Gasteiger partial charge is 0.277 e. The molecule has 0 unspecified atom stereocenters. The quantitative estimate of drug-likeness (QED) is 0.442. The summed E-state index contributed by atoms with van der Waals surface area (Å²) < 4.78 is 20.1. The number of allylic oxidation sites excluding steroid dienone is 1. The number of rotatable bonds is 6. The van der Waals surface area contributed by atoms with E-state index < -0.39 is 11.7 Å². The Kier molecular flexibility index (Phi) is 6.92. The van der Waals surface area contributed by atoms with Crippen LogP contribution in [-0.4, -0.2) is 30.8 Å². The molecule has 0 spiro atoms. The van der Waals surface area contributed by atoms with Crippen molar-refractivity contribution in [2.24, 2.45) is 5.10 Å². The number of hydrogen-bond acceptors (Lipinski definition) is 4. The van der Waals surface area contributed by atoms with Crippen molar-refractivity contribution in [2.45, 2.75) is 33.2 Å². The fraction of sp³-hybridized carbons (Fsp3) is 0.304. The molecule has 0 saturated heterocycles. The monoisotopic (exact) mass is 463 g/mol. The molecule has 1 aliphatic heterocycles. The molecule has 1 aliphatic rings. The first-order valence-electron chi connectivity index (χ1n) is 9.83. The number of hydrazone groups is 1. The minimum absolute atomic E-state index is 0.200.